The molecule has 2 atom stereocenters. The largest absolute Gasteiger partial charge is 0.390 e. The molecule has 1 aromatic heterocycles. The molecule has 2 aliphatic heterocycles. The fourth-order valence-electron chi connectivity index (χ4n) is 5.07. The molecule has 8 nitrogen and oxygen atoms in total. The van der Waals surface area contributed by atoms with Crippen molar-refractivity contribution in [3.63, 3.8) is 0 Å². The number of hydrogen-bond acceptors (Lipinski definition) is 6. The number of anilines is 2. The number of piperidine rings is 1. The quantitative estimate of drug-likeness (QED) is 0.473. The monoisotopic (exact) mass is 503 g/mol. The maximum atomic E-state index is 13.0. The van der Waals surface area contributed by atoms with Gasteiger partial charge in [-0.3, -0.25) is 14.4 Å². The lowest BCUT2D eigenvalue weighted by Crippen LogP contribution is -2.50. The molecule has 11 heteroatoms. The third-order valence-corrected chi connectivity index (χ3v) is 6.76. The van der Waals surface area contributed by atoms with Gasteiger partial charge in [-0.2, -0.15) is 13.2 Å². The normalized spacial score (nSPS) is 21.2. The number of nitrogens with two attached hydrogens (primary N) is 1. The van der Waals surface area contributed by atoms with Crippen molar-refractivity contribution in [2.75, 3.05) is 16.8 Å². The van der Waals surface area contributed by atoms with Crippen LogP contribution in [0, 0.1) is 0 Å². The zero-order valence-corrected chi connectivity index (χ0v) is 19.8. The first-order valence-electron chi connectivity index (χ1n) is 11.8. The lowest BCUT2D eigenvalue weighted by molar-refractivity contribution is -0.131. The molecule has 192 valence electrons. The first-order chi connectivity index (χ1) is 17.0. The standard InChI is InChI=1S/C25H28F3N5O3/c1-14(34)16-3-7-22(31-13-16)33-18-4-5-19(33)12-17(11-18)32-24(36)15-2-6-20(23(29)35)21(10-15)30-9-8-25(26,27)28/h2-3,6-7,10,13,17-19,30H,4-5,8-9,11-12H2,1H3,(H2,29,35)(H,32,36). The van der Waals surface area contributed by atoms with E-state index in [1.165, 1.54) is 25.1 Å². The molecule has 1 aromatic carbocycles. The van der Waals surface area contributed by atoms with E-state index in [0.29, 0.717) is 18.4 Å². The maximum absolute atomic E-state index is 13.0. The van der Waals surface area contributed by atoms with Crippen molar-refractivity contribution in [2.24, 2.45) is 5.73 Å². The molecule has 0 aliphatic carbocycles. The third kappa shape index (κ3) is 5.77. The van der Waals surface area contributed by atoms with Gasteiger partial charge in [-0.25, -0.2) is 4.98 Å². The van der Waals surface area contributed by atoms with E-state index in [1.807, 2.05) is 6.07 Å². The summed E-state index contributed by atoms with van der Waals surface area (Å²) in [6, 6.07) is 8.08. The van der Waals surface area contributed by atoms with Gasteiger partial charge in [0.05, 0.1) is 12.0 Å². The minimum Gasteiger partial charge on any atom is -0.384 e. The minimum absolute atomic E-state index is 0.0170. The van der Waals surface area contributed by atoms with E-state index in [4.69, 9.17) is 5.73 Å². The Morgan fingerprint density at radius 3 is 2.31 bits per heavy atom. The van der Waals surface area contributed by atoms with Gasteiger partial charge >= 0.3 is 6.18 Å². The van der Waals surface area contributed by atoms with Crippen LogP contribution in [-0.2, 0) is 0 Å². The van der Waals surface area contributed by atoms with E-state index < -0.39 is 25.0 Å². The number of aromatic nitrogens is 1. The van der Waals surface area contributed by atoms with Gasteiger partial charge in [0, 0.05) is 47.7 Å². The number of Topliss-reactive ketones (excluding diaryl/α,β-unsaturated/α-hetero) is 1. The molecule has 0 radical (unpaired) electrons. The highest BCUT2D eigenvalue weighted by Gasteiger charge is 2.41. The lowest BCUT2D eigenvalue weighted by Gasteiger charge is -2.40. The molecule has 2 unspecified atom stereocenters. The molecule has 2 aromatic rings. The van der Waals surface area contributed by atoms with Gasteiger partial charge < -0.3 is 21.3 Å². The minimum atomic E-state index is -4.35. The highest BCUT2D eigenvalue weighted by Crippen LogP contribution is 2.38. The molecule has 3 heterocycles. The van der Waals surface area contributed by atoms with E-state index in [1.54, 1.807) is 12.3 Å². The Morgan fingerprint density at radius 2 is 1.75 bits per heavy atom. The van der Waals surface area contributed by atoms with E-state index >= 15 is 0 Å². The van der Waals surface area contributed by atoms with Crippen LogP contribution in [0.3, 0.4) is 0 Å². The molecule has 2 bridgehead atoms. The first-order valence-corrected chi connectivity index (χ1v) is 11.8. The van der Waals surface area contributed by atoms with Crippen LogP contribution in [0.25, 0.3) is 0 Å². The van der Waals surface area contributed by atoms with Crippen molar-refractivity contribution in [1.82, 2.24) is 10.3 Å². The van der Waals surface area contributed by atoms with E-state index in [-0.39, 0.29) is 46.6 Å². The topological polar surface area (TPSA) is 117 Å². The number of benzene rings is 1. The van der Waals surface area contributed by atoms with Crippen molar-refractivity contribution < 1.29 is 27.6 Å². The fourth-order valence-corrected chi connectivity index (χ4v) is 5.07. The Morgan fingerprint density at radius 1 is 1.08 bits per heavy atom. The summed E-state index contributed by atoms with van der Waals surface area (Å²) in [5, 5.41) is 5.61. The summed E-state index contributed by atoms with van der Waals surface area (Å²) in [7, 11) is 0. The molecule has 2 aliphatic rings. The van der Waals surface area contributed by atoms with Crippen LogP contribution in [0.15, 0.2) is 36.5 Å². The molecule has 0 saturated carbocycles. The molecule has 36 heavy (non-hydrogen) atoms. The Balaban J connectivity index is 1.42. The Kier molecular flexibility index (Phi) is 7.18. The van der Waals surface area contributed by atoms with Crippen LogP contribution >= 0.6 is 0 Å². The first kappa shape index (κ1) is 25.5. The molecule has 2 fully saturated rings. The van der Waals surface area contributed by atoms with Crippen LogP contribution in [0.4, 0.5) is 24.7 Å². The van der Waals surface area contributed by atoms with Gasteiger partial charge in [-0.1, -0.05) is 0 Å². The average Bonchev–Trinajstić information content (AvgIpc) is 3.08. The fraction of sp³-hybridized carbons (Fsp3) is 0.440. The molecule has 4 rings (SSSR count). The molecular weight excluding hydrogens is 475 g/mol. The Hall–Kier alpha value is -3.63. The predicted octanol–water partition coefficient (Wildman–Crippen LogP) is 3.68. The number of nitrogens with one attached hydrogen (secondary N) is 2. The van der Waals surface area contributed by atoms with Gasteiger partial charge in [0.25, 0.3) is 11.8 Å². The van der Waals surface area contributed by atoms with Gasteiger partial charge in [0.1, 0.15) is 5.82 Å². The predicted molar refractivity (Wildman–Crippen MR) is 128 cm³/mol. The van der Waals surface area contributed by atoms with E-state index in [0.717, 1.165) is 18.7 Å². The number of ketones is 1. The number of amides is 2. The highest BCUT2D eigenvalue weighted by molar-refractivity contribution is 6.02. The average molecular weight is 504 g/mol. The summed E-state index contributed by atoms with van der Waals surface area (Å²) < 4.78 is 37.6. The number of rotatable bonds is 8. The van der Waals surface area contributed by atoms with E-state index in [2.05, 4.69) is 20.5 Å². The van der Waals surface area contributed by atoms with Crippen LogP contribution in [-0.4, -0.2) is 53.4 Å². The number of nitrogens with zero attached hydrogens (tertiary/aromatic N) is 2. The smallest absolute Gasteiger partial charge is 0.384 e. The highest BCUT2D eigenvalue weighted by atomic mass is 19.4. The second-order valence-electron chi connectivity index (χ2n) is 9.31. The van der Waals surface area contributed by atoms with Gasteiger partial charge in [0.15, 0.2) is 5.78 Å². The zero-order chi connectivity index (χ0) is 26.0. The van der Waals surface area contributed by atoms with Crippen LogP contribution in [0.5, 0.6) is 0 Å². The van der Waals surface area contributed by atoms with Gasteiger partial charge in [-0.05, 0) is 62.9 Å². The summed E-state index contributed by atoms with van der Waals surface area (Å²) in [5.41, 5.74) is 6.24. The number of carbonyl (C=O) groups is 3. The lowest BCUT2D eigenvalue weighted by atomic mass is 9.96. The van der Waals surface area contributed by atoms with E-state index in [9.17, 15) is 27.6 Å². The SMILES string of the molecule is CC(=O)c1ccc(N2C3CCC2CC(NC(=O)c2ccc(C(N)=O)c(NCCC(F)(F)F)c2)C3)nc1. The molecule has 2 amide bonds. The molecular formula is C25H28F3N5O3. The Labute approximate surface area is 206 Å². The number of carbonyl (C=O) groups excluding carboxylic acids is 3. The summed E-state index contributed by atoms with van der Waals surface area (Å²) in [6.07, 6.45) is -0.491. The summed E-state index contributed by atoms with van der Waals surface area (Å²) in [4.78, 5) is 42.9. The number of primary amides is 1. The number of alkyl halides is 3. The number of hydrogen-bond donors (Lipinski definition) is 3. The summed E-state index contributed by atoms with van der Waals surface area (Å²) in [5.74, 6) is -0.396. The van der Waals surface area contributed by atoms with Crippen LogP contribution in [0.1, 0.15) is 70.1 Å². The van der Waals surface area contributed by atoms with Crippen molar-refractivity contribution >= 4 is 29.1 Å². The summed E-state index contributed by atoms with van der Waals surface area (Å²) >= 11 is 0. The van der Waals surface area contributed by atoms with Gasteiger partial charge in [-0.15, -0.1) is 0 Å². The van der Waals surface area contributed by atoms with Gasteiger partial charge in [0.2, 0.25) is 0 Å². The molecule has 4 N–H and O–H groups in total. The second-order valence-corrected chi connectivity index (χ2v) is 9.31. The third-order valence-electron chi connectivity index (χ3n) is 6.76. The van der Waals surface area contributed by atoms with Crippen molar-refractivity contribution in [3.05, 3.63) is 53.2 Å². The van der Waals surface area contributed by atoms with Crippen molar-refractivity contribution in [1.29, 1.82) is 0 Å². The van der Waals surface area contributed by atoms with Crippen LogP contribution < -0.4 is 21.3 Å². The molecule has 0 spiro atoms. The maximum Gasteiger partial charge on any atom is 0.390 e. The number of fused-ring (bicyclic) bond motifs is 2. The zero-order valence-electron chi connectivity index (χ0n) is 19.8. The van der Waals surface area contributed by atoms with Crippen molar-refractivity contribution in [2.45, 2.75) is 63.3 Å². The Bertz CT molecular complexity index is 1140. The molecule has 2 saturated heterocycles. The number of halogens is 3. The number of pyridine rings is 1. The van der Waals surface area contributed by atoms with Crippen LogP contribution in [0.2, 0.25) is 0 Å². The summed E-state index contributed by atoms with van der Waals surface area (Å²) in [6.45, 7) is 1.05. The second kappa shape index (κ2) is 10.2. The van der Waals surface area contributed by atoms with Crippen molar-refractivity contribution in [3.8, 4) is 0 Å².